The number of benzene rings is 2. The third kappa shape index (κ3) is 4.18. The molecule has 5 rings (SSSR count). The van der Waals surface area contributed by atoms with E-state index in [2.05, 4.69) is 32.5 Å². The highest BCUT2D eigenvalue weighted by Gasteiger charge is 2.22. The van der Waals surface area contributed by atoms with E-state index in [1.165, 1.54) is 10.1 Å². The van der Waals surface area contributed by atoms with Crippen molar-refractivity contribution in [2.24, 2.45) is 0 Å². The number of aryl methyl sites for hydroxylation is 1. The Labute approximate surface area is 178 Å². The van der Waals surface area contributed by atoms with E-state index in [4.69, 9.17) is 9.47 Å². The van der Waals surface area contributed by atoms with Gasteiger partial charge < -0.3 is 14.8 Å². The molecule has 2 aromatic heterocycles. The van der Waals surface area contributed by atoms with Crippen LogP contribution >= 0.6 is 0 Å². The van der Waals surface area contributed by atoms with E-state index in [-0.39, 0.29) is 17.8 Å². The summed E-state index contributed by atoms with van der Waals surface area (Å²) in [5, 5.41) is 7.32. The summed E-state index contributed by atoms with van der Waals surface area (Å²) in [6, 6.07) is 17.5. The molecular weight excluding hydrogens is 394 g/mol. The van der Waals surface area contributed by atoms with Crippen molar-refractivity contribution < 1.29 is 14.3 Å². The Bertz CT molecular complexity index is 1180. The standard InChI is InChI=1S/C23H21N5O3/c29-22(21-26-23-24-11-4-12-28(23)27-21)25-18(9-7-16-5-2-1-3-6-16)17-8-10-19-20(15-17)31-14-13-30-19/h1-6,8,10-12,15,18H,7,9,13-14H2,(H,25,29)/t18-/m0/s1. The maximum Gasteiger partial charge on any atom is 0.291 e. The lowest BCUT2D eigenvalue weighted by Gasteiger charge is -2.23. The van der Waals surface area contributed by atoms with Crippen molar-refractivity contribution in [1.29, 1.82) is 0 Å². The number of nitrogens with one attached hydrogen (secondary N) is 1. The Kier molecular flexibility index (Phi) is 5.18. The summed E-state index contributed by atoms with van der Waals surface area (Å²) >= 11 is 0. The van der Waals surface area contributed by atoms with Crippen molar-refractivity contribution in [3.63, 3.8) is 0 Å². The summed E-state index contributed by atoms with van der Waals surface area (Å²) in [5.74, 6) is 1.53. The fraction of sp³-hybridized carbons (Fsp3) is 0.217. The van der Waals surface area contributed by atoms with Gasteiger partial charge in [0.05, 0.1) is 6.04 Å². The topological polar surface area (TPSA) is 90.6 Å². The average molecular weight is 415 g/mol. The molecule has 1 aliphatic rings. The highest BCUT2D eigenvalue weighted by atomic mass is 16.6. The molecule has 0 unspecified atom stereocenters. The summed E-state index contributed by atoms with van der Waals surface area (Å²) in [4.78, 5) is 21.3. The van der Waals surface area contributed by atoms with Crippen LogP contribution in [0.3, 0.4) is 0 Å². The molecule has 3 heterocycles. The number of carbonyl (C=O) groups is 1. The molecule has 0 spiro atoms. The van der Waals surface area contributed by atoms with Crippen LogP contribution in [0.2, 0.25) is 0 Å². The smallest absolute Gasteiger partial charge is 0.291 e. The summed E-state index contributed by atoms with van der Waals surface area (Å²) in [6.07, 6.45) is 4.84. The fourth-order valence-electron chi connectivity index (χ4n) is 3.61. The van der Waals surface area contributed by atoms with Crippen molar-refractivity contribution >= 4 is 11.7 Å². The van der Waals surface area contributed by atoms with Gasteiger partial charge in [-0.2, -0.15) is 4.98 Å². The van der Waals surface area contributed by atoms with Crippen LogP contribution in [0.1, 0.15) is 34.2 Å². The van der Waals surface area contributed by atoms with Gasteiger partial charge in [0.15, 0.2) is 11.5 Å². The van der Waals surface area contributed by atoms with Crippen LogP contribution in [0.25, 0.3) is 5.78 Å². The fourth-order valence-corrected chi connectivity index (χ4v) is 3.61. The van der Waals surface area contributed by atoms with Gasteiger partial charge in [-0.05, 0) is 42.2 Å². The number of nitrogens with zero attached hydrogens (tertiary/aromatic N) is 4. The minimum absolute atomic E-state index is 0.0842. The molecule has 8 nitrogen and oxygen atoms in total. The van der Waals surface area contributed by atoms with Crippen LogP contribution in [0, 0.1) is 0 Å². The van der Waals surface area contributed by atoms with Crippen molar-refractivity contribution in [1.82, 2.24) is 24.9 Å². The molecule has 0 radical (unpaired) electrons. The second-order valence-electron chi connectivity index (χ2n) is 7.25. The van der Waals surface area contributed by atoms with Crippen molar-refractivity contribution in [3.05, 3.63) is 83.9 Å². The molecule has 156 valence electrons. The van der Waals surface area contributed by atoms with Crippen molar-refractivity contribution in [2.75, 3.05) is 13.2 Å². The predicted octanol–water partition coefficient (Wildman–Crippen LogP) is 3.00. The van der Waals surface area contributed by atoms with Gasteiger partial charge in [0, 0.05) is 12.4 Å². The summed E-state index contributed by atoms with van der Waals surface area (Å²) in [7, 11) is 0. The van der Waals surface area contributed by atoms with Gasteiger partial charge in [0.2, 0.25) is 5.82 Å². The van der Waals surface area contributed by atoms with Crippen LogP contribution in [0.5, 0.6) is 11.5 Å². The van der Waals surface area contributed by atoms with E-state index in [1.807, 2.05) is 36.4 Å². The lowest BCUT2D eigenvalue weighted by Crippen LogP contribution is -2.30. The van der Waals surface area contributed by atoms with Crippen LogP contribution in [-0.4, -0.2) is 38.7 Å². The molecule has 0 fully saturated rings. The number of fused-ring (bicyclic) bond motifs is 2. The zero-order chi connectivity index (χ0) is 21.0. The van der Waals surface area contributed by atoms with Gasteiger partial charge in [-0.15, -0.1) is 5.10 Å². The second kappa shape index (κ2) is 8.43. The maximum atomic E-state index is 13.0. The SMILES string of the molecule is O=C(N[C@@H](CCc1ccccc1)c1ccc2c(c1)OCCO2)c1nc2ncccn2n1. The van der Waals surface area contributed by atoms with Gasteiger partial charge in [0.1, 0.15) is 13.2 Å². The Hall–Kier alpha value is -3.94. The third-order valence-electron chi connectivity index (χ3n) is 5.16. The molecule has 1 N–H and O–H groups in total. The van der Waals surface area contributed by atoms with E-state index in [0.29, 0.717) is 31.2 Å². The first kappa shape index (κ1) is 19.0. The first-order valence-corrected chi connectivity index (χ1v) is 10.2. The first-order chi connectivity index (χ1) is 15.3. The average Bonchev–Trinajstić information content (AvgIpc) is 3.26. The van der Waals surface area contributed by atoms with Crippen LogP contribution in [0.15, 0.2) is 67.0 Å². The molecular formula is C23H21N5O3. The lowest BCUT2D eigenvalue weighted by atomic mass is 9.98. The molecule has 8 heteroatoms. The molecule has 4 aromatic rings. The molecule has 1 amide bonds. The van der Waals surface area contributed by atoms with E-state index < -0.39 is 0 Å². The minimum Gasteiger partial charge on any atom is -0.486 e. The molecule has 31 heavy (non-hydrogen) atoms. The number of rotatable bonds is 6. The number of ether oxygens (including phenoxy) is 2. The molecule has 0 bridgehead atoms. The zero-order valence-electron chi connectivity index (χ0n) is 16.8. The number of aromatic nitrogens is 4. The molecule has 2 aromatic carbocycles. The van der Waals surface area contributed by atoms with Gasteiger partial charge in [-0.3, -0.25) is 4.79 Å². The van der Waals surface area contributed by atoms with Crippen LogP contribution in [0.4, 0.5) is 0 Å². The summed E-state index contributed by atoms with van der Waals surface area (Å²) in [6.45, 7) is 1.05. The van der Waals surface area contributed by atoms with Gasteiger partial charge >= 0.3 is 0 Å². The third-order valence-corrected chi connectivity index (χ3v) is 5.16. The van der Waals surface area contributed by atoms with Gasteiger partial charge in [0.25, 0.3) is 11.7 Å². The largest absolute Gasteiger partial charge is 0.486 e. The highest BCUT2D eigenvalue weighted by Crippen LogP contribution is 2.33. The van der Waals surface area contributed by atoms with E-state index in [0.717, 1.165) is 17.7 Å². The van der Waals surface area contributed by atoms with Crippen molar-refractivity contribution in [3.8, 4) is 11.5 Å². The van der Waals surface area contributed by atoms with E-state index in [1.54, 1.807) is 18.5 Å². The number of hydrogen-bond donors (Lipinski definition) is 1. The van der Waals surface area contributed by atoms with Gasteiger partial charge in [-0.25, -0.2) is 9.50 Å². The van der Waals surface area contributed by atoms with E-state index >= 15 is 0 Å². The number of carbonyl (C=O) groups excluding carboxylic acids is 1. The Morgan fingerprint density at radius 3 is 2.74 bits per heavy atom. The molecule has 0 saturated heterocycles. The quantitative estimate of drug-likeness (QED) is 0.521. The molecule has 0 aliphatic carbocycles. The zero-order valence-corrected chi connectivity index (χ0v) is 16.8. The minimum atomic E-state index is -0.349. The summed E-state index contributed by atoms with van der Waals surface area (Å²) in [5.41, 5.74) is 2.14. The van der Waals surface area contributed by atoms with Crippen LogP contribution < -0.4 is 14.8 Å². The molecule has 0 saturated carbocycles. The monoisotopic (exact) mass is 415 g/mol. The first-order valence-electron chi connectivity index (χ1n) is 10.2. The molecule has 1 atom stereocenters. The Morgan fingerprint density at radius 1 is 1.06 bits per heavy atom. The van der Waals surface area contributed by atoms with Gasteiger partial charge in [-0.1, -0.05) is 36.4 Å². The Balaban J connectivity index is 1.40. The molecule has 1 aliphatic heterocycles. The summed E-state index contributed by atoms with van der Waals surface area (Å²) < 4.78 is 12.8. The predicted molar refractivity (Wildman–Crippen MR) is 113 cm³/mol. The highest BCUT2D eigenvalue weighted by molar-refractivity contribution is 5.91. The second-order valence-corrected chi connectivity index (χ2v) is 7.25. The van der Waals surface area contributed by atoms with Crippen LogP contribution in [-0.2, 0) is 6.42 Å². The maximum absolute atomic E-state index is 13.0. The number of hydrogen-bond acceptors (Lipinski definition) is 6. The van der Waals surface area contributed by atoms with E-state index in [9.17, 15) is 4.79 Å². The normalized spacial score (nSPS) is 13.7. The Morgan fingerprint density at radius 2 is 1.90 bits per heavy atom. The lowest BCUT2D eigenvalue weighted by molar-refractivity contribution is 0.0924. The number of amides is 1. The van der Waals surface area contributed by atoms with Crippen molar-refractivity contribution in [2.45, 2.75) is 18.9 Å².